The molecule has 0 aliphatic heterocycles. The molecule has 1 fully saturated rings. The number of aliphatic hydroxyl groups is 1. The molecule has 1 N–H and O–H groups in total. The van der Waals surface area contributed by atoms with Gasteiger partial charge in [0.2, 0.25) is 11.5 Å². The van der Waals surface area contributed by atoms with Crippen LogP contribution in [0.15, 0.2) is 11.5 Å². The smallest absolute Gasteiger partial charge is 0.233 e. The highest BCUT2D eigenvalue weighted by Crippen LogP contribution is 2.49. The Morgan fingerprint density at radius 1 is 1.20 bits per heavy atom. The number of rotatable bonds is 8. The number of fused-ring (bicyclic) bond motifs is 1. The van der Waals surface area contributed by atoms with Crippen LogP contribution >= 0.6 is 0 Å². The van der Waals surface area contributed by atoms with E-state index in [1.54, 1.807) is 0 Å². The molecule has 2 atom stereocenters. The van der Waals surface area contributed by atoms with E-state index < -0.39 is 5.60 Å². The van der Waals surface area contributed by atoms with Gasteiger partial charge in [-0.25, -0.2) is 0 Å². The van der Waals surface area contributed by atoms with Crippen molar-refractivity contribution in [2.75, 3.05) is 13.2 Å². The number of carbonyl (C=O) groups excluding carboxylic acids is 1. The van der Waals surface area contributed by atoms with Crippen molar-refractivity contribution in [2.45, 2.75) is 64.4 Å². The predicted octanol–water partition coefficient (Wildman–Crippen LogP) is 2.95. The summed E-state index contributed by atoms with van der Waals surface area (Å²) in [5.74, 6) is 0.451. The lowest BCUT2D eigenvalue weighted by molar-refractivity contribution is -0.136. The Bertz CT molecular complexity index is 388. The average Bonchev–Trinajstić information content (AvgIpc) is 2.90. The first-order valence-corrected chi connectivity index (χ1v) is 7.92. The zero-order valence-electron chi connectivity index (χ0n) is 12.6. The molecule has 1 saturated carbocycles. The second-order valence-electron chi connectivity index (χ2n) is 5.80. The normalized spacial score (nSPS) is 28.9. The molecule has 0 radical (unpaired) electrons. The third-order valence-electron chi connectivity index (χ3n) is 4.27. The molecule has 0 aromatic heterocycles. The number of Topliss-reactive ketones (excluding diaryl/α,β-unsaturated/α-hetero) is 1. The fourth-order valence-corrected chi connectivity index (χ4v) is 3.02. The molecular weight excluding hydrogens is 256 g/mol. The zero-order chi connectivity index (χ0) is 14.6. The van der Waals surface area contributed by atoms with E-state index in [0.717, 1.165) is 38.5 Å². The lowest BCUT2D eigenvalue weighted by Crippen LogP contribution is -2.38. The molecule has 0 aromatic carbocycles. The van der Waals surface area contributed by atoms with E-state index in [-0.39, 0.29) is 11.7 Å². The minimum Gasteiger partial charge on any atom is -0.493 e. The Morgan fingerprint density at radius 2 is 1.85 bits per heavy atom. The van der Waals surface area contributed by atoms with Gasteiger partial charge in [0.15, 0.2) is 0 Å². The van der Waals surface area contributed by atoms with Crippen LogP contribution in [0.3, 0.4) is 0 Å². The topological polar surface area (TPSA) is 55.8 Å². The summed E-state index contributed by atoms with van der Waals surface area (Å²) in [5, 5.41) is 10.6. The van der Waals surface area contributed by atoms with Crippen molar-refractivity contribution in [1.29, 1.82) is 0 Å². The molecule has 2 rings (SSSR count). The SMILES string of the molecule is CCCCOC1=C(OCCCC)C2CCCC2(O)C1=O. The third-order valence-corrected chi connectivity index (χ3v) is 4.27. The summed E-state index contributed by atoms with van der Waals surface area (Å²) in [6.45, 7) is 5.28. The first-order chi connectivity index (χ1) is 9.65. The van der Waals surface area contributed by atoms with Crippen molar-refractivity contribution in [3.8, 4) is 0 Å². The quantitative estimate of drug-likeness (QED) is 0.695. The van der Waals surface area contributed by atoms with Crippen LogP contribution < -0.4 is 0 Å². The molecule has 0 aromatic rings. The maximum absolute atomic E-state index is 12.4. The summed E-state index contributed by atoms with van der Waals surface area (Å²) in [5.41, 5.74) is -1.26. The van der Waals surface area contributed by atoms with Gasteiger partial charge >= 0.3 is 0 Å². The predicted molar refractivity (Wildman–Crippen MR) is 76.0 cm³/mol. The monoisotopic (exact) mass is 282 g/mol. The highest BCUT2D eigenvalue weighted by molar-refractivity contribution is 6.04. The number of ether oxygens (including phenoxy) is 2. The molecule has 0 bridgehead atoms. The van der Waals surface area contributed by atoms with Gasteiger partial charge < -0.3 is 14.6 Å². The lowest BCUT2D eigenvalue weighted by atomic mass is 9.92. The van der Waals surface area contributed by atoms with E-state index in [4.69, 9.17) is 9.47 Å². The molecule has 0 heterocycles. The van der Waals surface area contributed by atoms with Gasteiger partial charge in [0.25, 0.3) is 0 Å². The van der Waals surface area contributed by atoms with Crippen molar-refractivity contribution in [2.24, 2.45) is 5.92 Å². The van der Waals surface area contributed by atoms with Crippen molar-refractivity contribution in [1.82, 2.24) is 0 Å². The minimum atomic E-state index is -1.26. The van der Waals surface area contributed by atoms with Crippen LogP contribution in [0, 0.1) is 5.92 Å². The molecule has 0 amide bonds. The summed E-state index contributed by atoms with van der Waals surface area (Å²) < 4.78 is 11.5. The number of carbonyl (C=O) groups is 1. The van der Waals surface area contributed by atoms with Gasteiger partial charge in [0, 0.05) is 0 Å². The van der Waals surface area contributed by atoms with Gasteiger partial charge in [-0.3, -0.25) is 4.79 Å². The van der Waals surface area contributed by atoms with Crippen LogP contribution in [0.4, 0.5) is 0 Å². The summed E-state index contributed by atoms with van der Waals surface area (Å²) in [4.78, 5) is 12.4. The Labute approximate surface area is 121 Å². The molecule has 2 aliphatic carbocycles. The standard InChI is InChI=1S/C16H26O4/c1-3-5-10-19-13-12-8-7-9-16(12,18)15(17)14(13)20-11-6-4-2/h12,18H,3-11H2,1-2H3. The maximum atomic E-state index is 12.4. The van der Waals surface area contributed by atoms with Crippen LogP contribution in [0.25, 0.3) is 0 Å². The maximum Gasteiger partial charge on any atom is 0.233 e. The summed E-state index contributed by atoms with van der Waals surface area (Å²) in [6.07, 6.45) is 6.12. The van der Waals surface area contributed by atoms with Crippen LogP contribution in [0.5, 0.6) is 0 Å². The molecule has 2 unspecified atom stereocenters. The van der Waals surface area contributed by atoms with E-state index in [2.05, 4.69) is 13.8 Å². The molecule has 2 aliphatic rings. The average molecular weight is 282 g/mol. The van der Waals surface area contributed by atoms with E-state index >= 15 is 0 Å². The van der Waals surface area contributed by atoms with Gasteiger partial charge in [0.1, 0.15) is 11.4 Å². The van der Waals surface area contributed by atoms with Crippen LogP contribution in [-0.2, 0) is 14.3 Å². The second-order valence-corrected chi connectivity index (χ2v) is 5.80. The van der Waals surface area contributed by atoms with E-state index in [9.17, 15) is 9.90 Å². The van der Waals surface area contributed by atoms with Crippen LogP contribution in [0.2, 0.25) is 0 Å². The molecule has 4 heteroatoms. The van der Waals surface area contributed by atoms with Gasteiger partial charge in [0.05, 0.1) is 19.1 Å². The summed E-state index contributed by atoms with van der Waals surface area (Å²) in [7, 11) is 0. The van der Waals surface area contributed by atoms with E-state index in [0.29, 0.717) is 31.2 Å². The van der Waals surface area contributed by atoms with Crippen LogP contribution in [0.1, 0.15) is 58.8 Å². The van der Waals surface area contributed by atoms with Gasteiger partial charge in [-0.15, -0.1) is 0 Å². The molecule has 114 valence electrons. The number of ketones is 1. The molecular formula is C16H26O4. The number of unbranched alkanes of at least 4 members (excludes halogenated alkanes) is 2. The Morgan fingerprint density at radius 3 is 2.50 bits per heavy atom. The zero-order valence-corrected chi connectivity index (χ0v) is 12.6. The fraction of sp³-hybridized carbons (Fsp3) is 0.812. The van der Waals surface area contributed by atoms with Crippen molar-refractivity contribution < 1.29 is 19.4 Å². The Balaban J connectivity index is 2.13. The fourth-order valence-electron chi connectivity index (χ4n) is 3.02. The van der Waals surface area contributed by atoms with Gasteiger partial charge in [-0.1, -0.05) is 26.7 Å². The van der Waals surface area contributed by atoms with E-state index in [1.807, 2.05) is 0 Å². The van der Waals surface area contributed by atoms with Crippen molar-refractivity contribution in [3.05, 3.63) is 11.5 Å². The van der Waals surface area contributed by atoms with Crippen molar-refractivity contribution >= 4 is 5.78 Å². The second kappa shape index (κ2) is 6.61. The first kappa shape index (κ1) is 15.4. The Hall–Kier alpha value is -1.03. The minimum absolute atomic E-state index is 0.191. The van der Waals surface area contributed by atoms with Crippen LogP contribution in [-0.4, -0.2) is 29.7 Å². The third kappa shape index (κ3) is 2.71. The highest BCUT2D eigenvalue weighted by atomic mass is 16.5. The highest BCUT2D eigenvalue weighted by Gasteiger charge is 2.58. The summed E-state index contributed by atoms with van der Waals surface area (Å²) >= 11 is 0. The van der Waals surface area contributed by atoms with E-state index in [1.165, 1.54) is 0 Å². The molecule has 4 nitrogen and oxygen atoms in total. The largest absolute Gasteiger partial charge is 0.493 e. The molecule has 20 heavy (non-hydrogen) atoms. The molecule has 0 spiro atoms. The number of hydrogen-bond donors (Lipinski definition) is 1. The summed E-state index contributed by atoms with van der Waals surface area (Å²) in [6, 6.07) is 0. The van der Waals surface area contributed by atoms with Crippen molar-refractivity contribution in [3.63, 3.8) is 0 Å². The molecule has 0 saturated heterocycles. The lowest BCUT2D eigenvalue weighted by Gasteiger charge is -2.21. The first-order valence-electron chi connectivity index (χ1n) is 7.92. The van der Waals surface area contributed by atoms with Gasteiger partial charge in [-0.05, 0) is 32.1 Å². The number of hydrogen-bond acceptors (Lipinski definition) is 4. The Kier molecular flexibility index (Phi) is 5.08. The van der Waals surface area contributed by atoms with Gasteiger partial charge in [-0.2, -0.15) is 0 Å².